The minimum atomic E-state index is 0.0683. The molecule has 0 aromatic rings. The van der Waals surface area contributed by atoms with E-state index in [2.05, 4.69) is 0 Å². The molecular formula is C10H21N3OS. The molecule has 0 radical (unpaired) electrons. The molecule has 4 nitrogen and oxygen atoms in total. The van der Waals surface area contributed by atoms with Crippen LogP contribution in [-0.2, 0) is 0 Å². The number of nitrogens with zero attached hydrogens (tertiary/aromatic N) is 2. The maximum absolute atomic E-state index is 11.9. The second-order valence-corrected chi connectivity index (χ2v) is 3.78. The van der Waals surface area contributed by atoms with Crippen molar-refractivity contribution < 1.29 is 4.79 Å². The van der Waals surface area contributed by atoms with Crippen molar-refractivity contribution in [2.45, 2.75) is 27.2 Å². The molecule has 2 N–H and O–H groups in total. The third-order valence-electron chi connectivity index (χ3n) is 2.31. The number of amides is 2. The Bertz CT molecular complexity index is 217. The first-order chi connectivity index (χ1) is 7.06. The van der Waals surface area contributed by atoms with E-state index >= 15 is 0 Å². The normalized spacial score (nSPS) is 9.80. The number of hydrogen-bond acceptors (Lipinski definition) is 2. The van der Waals surface area contributed by atoms with E-state index in [0.717, 1.165) is 13.1 Å². The van der Waals surface area contributed by atoms with E-state index in [-0.39, 0.29) is 6.03 Å². The fourth-order valence-corrected chi connectivity index (χ4v) is 1.42. The summed E-state index contributed by atoms with van der Waals surface area (Å²) in [6, 6.07) is 0.0683. The average molecular weight is 231 g/mol. The lowest BCUT2D eigenvalue weighted by Gasteiger charge is -2.28. The summed E-state index contributed by atoms with van der Waals surface area (Å²) in [5.41, 5.74) is 5.42. The van der Waals surface area contributed by atoms with E-state index in [4.69, 9.17) is 18.0 Å². The molecule has 0 spiro atoms. The van der Waals surface area contributed by atoms with E-state index in [1.807, 2.05) is 20.8 Å². The Morgan fingerprint density at radius 2 is 1.60 bits per heavy atom. The summed E-state index contributed by atoms with van der Waals surface area (Å²) in [5, 5.41) is 0. The molecule has 0 saturated carbocycles. The van der Waals surface area contributed by atoms with Crippen molar-refractivity contribution >= 4 is 23.2 Å². The third kappa shape index (κ3) is 4.97. The minimum Gasteiger partial charge on any atom is -0.393 e. The van der Waals surface area contributed by atoms with Crippen molar-refractivity contribution in [2.24, 2.45) is 5.73 Å². The van der Waals surface area contributed by atoms with Crippen LogP contribution in [0.5, 0.6) is 0 Å². The van der Waals surface area contributed by atoms with Gasteiger partial charge < -0.3 is 15.5 Å². The van der Waals surface area contributed by atoms with Gasteiger partial charge in [-0.15, -0.1) is 0 Å². The van der Waals surface area contributed by atoms with Crippen LogP contribution in [0.15, 0.2) is 0 Å². The Morgan fingerprint density at radius 3 is 1.93 bits per heavy atom. The van der Waals surface area contributed by atoms with Crippen molar-refractivity contribution in [3.8, 4) is 0 Å². The van der Waals surface area contributed by atoms with Gasteiger partial charge in [0.1, 0.15) is 0 Å². The number of hydrogen-bond donors (Lipinski definition) is 1. The van der Waals surface area contributed by atoms with Crippen LogP contribution in [0.4, 0.5) is 4.79 Å². The van der Waals surface area contributed by atoms with Crippen LogP contribution in [0.3, 0.4) is 0 Å². The fraction of sp³-hybridized carbons (Fsp3) is 0.800. The summed E-state index contributed by atoms with van der Waals surface area (Å²) in [6.45, 7) is 8.68. The summed E-state index contributed by atoms with van der Waals surface area (Å²) in [5.74, 6) is 0. The number of rotatable bonds is 6. The zero-order valence-electron chi connectivity index (χ0n) is 9.82. The maximum atomic E-state index is 11.9. The lowest BCUT2D eigenvalue weighted by molar-refractivity contribution is 0.161. The van der Waals surface area contributed by atoms with E-state index in [9.17, 15) is 4.79 Å². The Morgan fingerprint density at radius 1 is 1.13 bits per heavy atom. The zero-order chi connectivity index (χ0) is 11.8. The first-order valence-electron chi connectivity index (χ1n) is 5.38. The third-order valence-corrected chi connectivity index (χ3v) is 2.52. The Labute approximate surface area is 97.4 Å². The molecule has 5 heteroatoms. The second kappa shape index (κ2) is 7.45. The summed E-state index contributed by atoms with van der Waals surface area (Å²) < 4.78 is 0. The molecule has 0 aromatic heterocycles. The van der Waals surface area contributed by atoms with E-state index in [1.165, 1.54) is 0 Å². The van der Waals surface area contributed by atoms with Gasteiger partial charge in [0, 0.05) is 32.6 Å². The van der Waals surface area contributed by atoms with Crippen molar-refractivity contribution in [3.63, 3.8) is 0 Å². The van der Waals surface area contributed by atoms with Gasteiger partial charge >= 0.3 is 6.03 Å². The molecule has 0 aliphatic heterocycles. The van der Waals surface area contributed by atoms with Crippen LogP contribution in [0.1, 0.15) is 27.2 Å². The molecule has 0 bridgehead atoms. The van der Waals surface area contributed by atoms with Gasteiger partial charge in [0.15, 0.2) is 0 Å². The lowest BCUT2D eigenvalue weighted by Crippen LogP contribution is -2.44. The van der Waals surface area contributed by atoms with Gasteiger partial charge in [0.25, 0.3) is 0 Å². The predicted molar refractivity (Wildman–Crippen MR) is 67.0 cm³/mol. The van der Waals surface area contributed by atoms with Gasteiger partial charge in [-0.1, -0.05) is 12.2 Å². The molecule has 0 aromatic carbocycles. The fourth-order valence-electron chi connectivity index (χ4n) is 1.33. The van der Waals surface area contributed by atoms with Crippen molar-refractivity contribution in [2.75, 3.05) is 26.2 Å². The first kappa shape index (κ1) is 14.2. The summed E-state index contributed by atoms with van der Waals surface area (Å²) in [4.78, 5) is 15.9. The highest BCUT2D eigenvalue weighted by Gasteiger charge is 2.16. The van der Waals surface area contributed by atoms with Gasteiger partial charge in [-0.05, 0) is 20.8 Å². The summed E-state index contributed by atoms with van der Waals surface area (Å²) >= 11 is 4.80. The maximum Gasteiger partial charge on any atom is 0.319 e. The Balaban J connectivity index is 4.25. The highest BCUT2D eigenvalue weighted by molar-refractivity contribution is 7.80. The molecular weight excluding hydrogens is 210 g/mol. The van der Waals surface area contributed by atoms with Crippen LogP contribution in [0.2, 0.25) is 0 Å². The molecule has 0 aliphatic rings. The lowest BCUT2D eigenvalue weighted by atomic mass is 10.4. The number of carbonyl (C=O) groups excluding carboxylic acids is 1. The van der Waals surface area contributed by atoms with Gasteiger partial charge in [0.2, 0.25) is 0 Å². The first-order valence-corrected chi connectivity index (χ1v) is 5.79. The standard InChI is InChI=1S/C10H21N3OS/c1-4-12(5-2)10(14)13(6-3)8-7-9(11)15/h4-8H2,1-3H3,(H2,11,15). The number of carbonyl (C=O) groups is 1. The monoisotopic (exact) mass is 231 g/mol. The highest BCUT2D eigenvalue weighted by atomic mass is 32.1. The summed E-state index contributed by atoms with van der Waals surface area (Å²) in [7, 11) is 0. The van der Waals surface area contributed by atoms with Crippen LogP contribution >= 0.6 is 12.2 Å². The largest absolute Gasteiger partial charge is 0.393 e. The van der Waals surface area contributed by atoms with Gasteiger partial charge in [-0.3, -0.25) is 0 Å². The zero-order valence-corrected chi connectivity index (χ0v) is 10.6. The summed E-state index contributed by atoms with van der Waals surface area (Å²) in [6.07, 6.45) is 0.593. The topological polar surface area (TPSA) is 49.6 Å². The average Bonchev–Trinajstić information content (AvgIpc) is 2.20. The van der Waals surface area contributed by atoms with Crippen molar-refractivity contribution in [1.29, 1.82) is 0 Å². The van der Waals surface area contributed by atoms with Crippen LogP contribution in [0, 0.1) is 0 Å². The molecule has 0 fully saturated rings. The van der Waals surface area contributed by atoms with Gasteiger partial charge in [0.05, 0.1) is 4.99 Å². The number of urea groups is 1. The van der Waals surface area contributed by atoms with Crippen molar-refractivity contribution in [1.82, 2.24) is 9.80 Å². The molecule has 0 unspecified atom stereocenters. The van der Waals surface area contributed by atoms with Gasteiger partial charge in [-0.2, -0.15) is 0 Å². The number of nitrogens with two attached hydrogens (primary N) is 1. The molecule has 88 valence electrons. The van der Waals surface area contributed by atoms with E-state index < -0.39 is 0 Å². The van der Waals surface area contributed by atoms with E-state index in [1.54, 1.807) is 9.80 Å². The van der Waals surface area contributed by atoms with Crippen LogP contribution in [0.25, 0.3) is 0 Å². The van der Waals surface area contributed by atoms with Crippen LogP contribution < -0.4 is 5.73 Å². The molecule has 0 saturated heterocycles. The second-order valence-electron chi connectivity index (χ2n) is 3.25. The SMILES string of the molecule is CCN(CC)C(=O)N(CC)CCC(N)=S. The molecule has 15 heavy (non-hydrogen) atoms. The van der Waals surface area contributed by atoms with Gasteiger partial charge in [-0.25, -0.2) is 4.79 Å². The van der Waals surface area contributed by atoms with E-state index in [0.29, 0.717) is 24.5 Å². The molecule has 0 aliphatic carbocycles. The molecule has 2 amide bonds. The quantitative estimate of drug-likeness (QED) is 0.704. The number of thiocarbonyl (C=S) groups is 1. The molecule has 0 atom stereocenters. The predicted octanol–water partition coefficient (Wildman–Crippen LogP) is 1.45. The minimum absolute atomic E-state index is 0.0683. The Kier molecular flexibility index (Phi) is 7.03. The Hall–Kier alpha value is -0.840. The molecule has 0 rings (SSSR count). The highest BCUT2D eigenvalue weighted by Crippen LogP contribution is 2.00. The van der Waals surface area contributed by atoms with Crippen molar-refractivity contribution in [3.05, 3.63) is 0 Å². The molecule has 0 heterocycles. The van der Waals surface area contributed by atoms with Crippen LogP contribution in [-0.4, -0.2) is 47.0 Å². The smallest absolute Gasteiger partial charge is 0.319 e.